The summed E-state index contributed by atoms with van der Waals surface area (Å²) in [6.45, 7) is -1.35. The van der Waals surface area contributed by atoms with Crippen LogP contribution in [0, 0.1) is 0 Å². The van der Waals surface area contributed by atoms with Crippen molar-refractivity contribution in [2.24, 2.45) is 0 Å². The van der Waals surface area contributed by atoms with E-state index in [1.807, 2.05) is 0 Å². The molecule has 0 radical (unpaired) electrons. The Morgan fingerprint density at radius 3 is 2.38 bits per heavy atom. The van der Waals surface area contributed by atoms with Crippen molar-refractivity contribution in [2.45, 2.75) is 5.54 Å². The summed E-state index contributed by atoms with van der Waals surface area (Å²) in [5.74, 6) is 0.289. The lowest BCUT2D eigenvalue weighted by molar-refractivity contribution is 0.0830. The molecule has 6 nitrogen and oxygen atoms in total. The number of hydrogen-bond acceptors (Lipinski definition) is 6. The molecule has 0 aromatic carbocycles. The van der Waals surface area contributed by atoms with Crippen LogP contribution in [0.5, 0.6) is 0 Å². The maximum Gasteiger partial charge on any atom is 0.224 e. The number of aliphatic hydroxyl groups excluding tert-OH is 3. The van der Waals surface area contributed by atoms with Crippen LogP contribution in [0.1, 0.15) is 0 Å². The lowest BCUT2D eigenvalue weighted by Crippen LogP contribution is -2.49. The maximum atomic E-state index is 9.12. The van der Waals surface area contributed by atoms with Crippen LogP contribution < -0.4 is 5.32 Å². The van der Waals surface area contributed by atoms with Crippen molar-refractivity contribution in [2.75, 3.05) is 25.1 Å². The van der Waals surface area contributed by atoms with Crippen molar-refractivity contribution < 1.29 is 15.3 Å². The molecule has 1 rings (SSSR count). The van der Waals surface area contributed by atoms with Gasteiger partial charge < -0.3 is 20.6 Å². The average Bonchev–Trinajstić information content (AvgIpc) is 2.31. The molecule has 0 amide bonds. The molecule has 0 spiro atoms. The average molecular weight is 313 g/mol. The van der Waals surface area contributed by atoms with Gasteiger partial charge in [0.1, 0.15) is 11.4 Å². The van der Waals surface area contributed by atoms with Crippen molar-refractivity contribution in [3.8, 4) is 0 Å². The summed E-state index contributed by atoms with van der Waals surface area (Å²) in [4.78, 5) is 7.59. The topological polar surface area (TPSA) is 98.5 Å². The Labute approximate surface area is 105 Å². The summed E-state index contributed by atoms with van der Waals surface area (Å²) in [5, 5.41) is 30.1. The first kappa shape index (κ1) is 13.6. The Balaban J connectivity index is 2.97. The van der Waals surface area contributed by atoms with Crippen LogP contribution in [0.2, 0.25) is 5.28 Å². The van der Waals surface area contributed by atoms with Gasteiger partial charge >= 0.3 is 0 Å². The van der Waals surface area contributed by atoms with Crippen LogP contribution >= 0.6 is 27.5 Å². The van der Waals surface area contributed by atoms with Gasteiger partial charge in [-0.1, -0.05) is 0 Å². The predicted molar refractivity (Wildman–Crippen MR) is 62.4 cm³/mol. The van der Waals surface area contributed by atoms with Gasteiger partial charge in [0.05, 0.1) is 24.3 Å². The van der Waals surface area contributed by atoms with E-state index in [-0.39, 0.29) is 11.1 Å². The number of nitrogens with one attached hydrogen (secondary N) is 1. The summed E-state index contributed by atoms with van der Waals surface area (Å²) >= 11 is 8.78. The van der Waals surface area contributed by atoms with E-state index in [0.717, 1.165) is 0 Å². The van der Waals surface area contributed by atoms with Gasteiger partial charge in [-0.25, -0.2) is 4.98 Å². The fourth-order valence-electron chi connectivity index (χ4n) is 0.953. The van der Waals surface area contributed by atoms with Crippen LogP contribution in [0.15, 0.2) is 10.7 Å². The van der Waals surface area contributed by atoms with Gasteiger partial charge in [-0.2, -0.15) is 4.98 Å². The highest BCUT2D eigenvalue weighted by atomic mass is 79.9. The molecule has 1 heterocycles. The van der Waals surface area contributed by atoms with Crippen LogP contribution in [0.4, 0.5) is 5.82 Å². The second-order valence-corrected chi connectivity index (χ2v) is 4.41. The van der Waals surface area contributed by atoms with E-state index >= 15 is 0 Å². The van der Waals surface area contributed by atoms with E-state index in [9.17, 15) is 0 Å². The number of aliphatic hydroxyl groups is 3. The Bertz CT molecular complexity index is 354. The van der Waals surface area contributed by atoms with E-state index < -0.39 is 25.4 Å². The highest BCUT2D eigenvalue weighted by Gasteiger charge is 2.29. The van der Waals surface area contributed by atoms with Gasteiger partial charge in [-0.3, -0.25) is 0 Å². The largest absolute Gasteiger partial charge is 0.394 e. The minimum atomic E-state index is -1.25. The molecule has 8 heteroatoms. The Morgan fingerprint density at radius 1 is 1.31 bits per heavy atom. The van der Waals surface area contributed by atoms with Gasteiger partial charge in [0.25, 0.3) is 0 Å². The SMILES string of the molecule is OCC(CO)(CO)Nc1nc(Cl)ncc1Br. The Hall–Kier alpha value is -0.470. The van der Waals surface area contributed by atoms with Crippen molar-refractivity contribution >= 4 is 33.3 Å². The number of aromatic nitrogens is 2. The number of anilines is 1. The third-order valence-electron chi connectivity index (χ3n) is 2.01. The summed E-state index contributed by atoms with van der Waals surface area (Å²) in [5.41, 5.74) is -1.25. The molecule has 90 valence electrons. The van der Waals surface area contributed by atoms with E-state index in [1.54, 1.807) is 0 Å². The molecule has 0 saturated carbocycles. The fraction of sp³-hybridized carbons (Fsp3) is 0.500. The molecule has 4 N–H and O–H groups in total. The summed E-state index contributed by atoms with van der Waals surface area (Å²) in [6.07, 6.45) is 1.43. The monoisotopic (exact) mass is 311 g/mol. The van der Waals surface area contributed by atoms with E-state index in [2.05, 4.69) is 31.2 Å². The molecule has 0 bridgehead atoms. The normalized spacial score (nSPS) is 11.6. The zero-order valence-corrected chi connectivity index (χ0v) is 10.5. The van der Waals surface area contributed by atoms with Crippen molar-refractivity contribution in [1.82, 2.24) is 9.97 Å². The molecule has 0 fully saturated rings. The standard InChI is InChI=1S/C8H11BrClN3O3/c9-5-1-11-7(10)12-6(5)13-8(2-14,3-15)4-16/h1,14-16H,2-4H2,(H,11,12,13). The van der Waals surface area contributed by atoms with Crippen molar-refractivity contribution in [3.05, 3.63) is 16.0 Å². The van der Waals surface area contributed by atoms with Gasteiger partial charge in [0.15, 0.2) is 0 Å². The number of hydrogen-bond donors (Lipinski definition) is 4. The first-order valence-corrected chi connectivity index (χ1v) is 5.53. The minimum Gasteiger partial charge on any atom is -0.394 e. The number of halogens is 2. The van der Waals surface area contributed by atoms with Crippen molar-refractivity contribution in [3.63, 3.8) is 0 Å². The zero-order chi connectivity index (χ0) is 12.2. The fourth-order valence-corrected chi connectivity index (χ4v) is 1.38. The van der Waals surface area contributed by atoms with Gasteiger partial charge in [-0.15, -0.1) is 0 Å². The first-order valence-electron chi connectivity index (χ1n) is 4.36. The number of nitrogens with zero attached hydrogens (tertiary/aromatic N) is 2. The van der Waals surface area contributed by atoms with Crippen LogP contribution in [-0.2, 0) is 0 Å². The van der Waals surface area contributed by atoms with Gasteiger partial charge in [0, 0.05) is 6.20 Å². The molecule has 0 saturated heterocycles. The lowest BCUT2D eigenvalue weighted by Gasteiger charge is -2.29. The molecule has 0 aliphatic heterocycles. The zero-order valence-electron chi connectivity index (χ0n) is 8.19. The Morgan fingerprint density at radius 2 is 1.88 bits per heavy atom. The third-order valence-corrected chi connectivity index (χ3v) is 2.77. The number of rotatable bonds is 5. The summed E-state index contributed by atoms with van der Waals surface area (Å²) < 4.78 is 0.511. The van der Waals surface area contributed by atoms with E-state index in [0.29, 0.717) is 4.47 Å². The highest BCUT2D eigenvalue weighted by Crippen LogP contribution is 2.23. The smallest absolute Gasteiger partial charge is 0.224 e. The molecule has 1 aromatic heterocycles. The Kier molecular flexibility index (Phi) is 4.88. The van der Waals surface area contributed by atoms with Crippen molar-refractivity contribution in [1.29, 1.82) is 0 Å². The van der Waals surface area contributed by atoms with Gasteiger partial charge in [0.2, 0.25) is 5.28 Å². The van der Waals surface area contributed by atoms with Crippen LogP contribution in [0.3, 0.4) is 0 Å². The molecule has 1 aromatic rings. The lowest BCUT2D eigenvalue weighted by atomic mass is 10.0. The van der Waals surface area contributed by atoms with E-state index in [1.165, 1.54) is 6.20 Å². The second kappa shape index (κ2) is 5.74. The molecule has 0 aliphatic carbocycles. The quantitative estimate of drug-likeness (QED) is 0.572. The minimum absolute atomic E-state index is 0.0217. The molecular formula is C8H11BrClN3O3. The highest BCUT2D eigenvalue weighted by molar-refractivity contribution is 9.10. The second-order valence-electron chi connectivity index (χ2n) is 3.22. The summed E-state index contributed by atoms with van der Waals surface area (Å²) in [6, 6.07) is 0. The summed E-state index contributed by atoms with van der Waals surface area (Å²) in [7, 11) is 0. The van der Waals surface area contributed by atoms with E-state index in [4.69, 9.17) is 26.9 Å². The first-order chi connectivity index (χ1) is 7.56. The molecule has 16 heavy (non-hydrogen) atoms. The predicted octanol–water partition coefficient (Wildman–Crippen LogP) is 0.0201. The van der Waals surface area contributed by atoms with Gasteiger partial charge in [-0.05, 0) is 27.5 Å². The van der Waals surface area contributed by atoms with Crippen LogP contribution in [-0.4, -0.2) is 50.6 Å². The molecule has 0 atom stereocenters. The third kappa shape index (κ3) is 3.02. The molecular weight excluding hydrogens is 301 g/mol. The molecule has 0 aliphatic rings. The maximum absolute atomic E-state index is 9.12. The molecule has 0 unspecified atom stereocenters. The van der Waals surface area contributed by atoms with Crippen LogP contribution in [0.25, 0.3) is 0 Å².